The first-order chi connectivity index (χ1) is 29.4. The monoisotopic (exact) mass is 799 g/mol. The Morgan fingerprint density at radius 1 is 0.459 bits per heavy atom. The van der Waals surface area contributed by atoms with Crippen LogP contribution in [-0.4, -0.2) is 9.13 Å². The van der Waals surface area contributed by atoms with Crippen LogP contribution in [-0.2, 0) is 6.18 Å². The van der Waals surface area contributed by atoms with E-state index in [1.807, 2.05) is 59.2 Å². The van der Waals surface area contributed by atoms with Crippen LogP contribution in [0.15, 0.2) is 152 Å². The van der Waals surface area contributed by atoms with Gasteiger partial charge in [-0.25, -0.2) is 0 Å². The Balaban J connectivity index is 1.33. The molecule has 3 nitrogen and oxygen atoms in total. The van der Waals surface area contributed by atoms with Gasteiger partial charge in [0, 0.05) is 27.1 Å². The summed E-state index contributed by atoms with van der Waals surface area (Å²) in [6, 6.07) is 52.1. The molecule has 0 atom stereocenters. The van der Waals surface area contributed by atoms with Gasteiger partial charge in [0.15, 0.2) is 0 Å². The highest BCUT2D eigenvalue weighted by atomic mass is 19.4. The summed E-state index contributed by atoms with van der Waals surface area (Å²) in [5.74, 6) is 0. The minimum Gasteiger partial charge on any atom is -0.308 e. The number of benzene rings is 8. The maximum Gasteiger partial charge on any atom is 0.417 e. The molecule has 2 heterocycles. The molecule has 0 spiro atoms. The molecule has 0 aliphatic rings. The van der Waals surface area contributed by atoms with E-state index in [1.165, 1.54) is 22.8 Å². The van der Waals surface area contributed by atoms with Gasteiger partial charge in [-0.2, -0.15) is 18.4 Å². The van der Waals surface area contributed by atoms with Crippen molar-refractivity contribution in [2.45, 2.75) is 40.8 Å². The quantitative estimate of drug-likeness (QED) is 0.171. The summed E-state index contributed by atoms with van der Waals surface area (Å²) in [5.41, 5.74) is 13.7. The smallest absolute Gasteiger partial charge is 0.308 e. The van der Waals surface area contributed by atoms with Crippen molar-refractivity contribution in [3.63, 3.8) is 0 Å². The van der Waals surface area contributed by atoms with Crippen LogP contribution in [0.4, 0.5) is 13.2 Å². The Hall–Kier alpha value is -7.36. The van der Waals surface area contributed by atoms with Crippen LogP contribution in [0.1, 0.15) is 38.9 Å². The van der Waals surface area contributed by atoms with E-state index in [0.717, 1.165) is 77.5 Å². The molecular weight excluding hydrogens is 760 g/mol. The molecule has 6 heteroatoms. The molecule has 2 aromatic heterocycles. The number of rotatable bonds is 5. The number of hydrogen-bond donors (Lipinski definition) is 0. The number of para-hydroxylation sites is 2. The lowest BCUT2D eigenvalue weighted by atomic mass is 9.91. The minimum absolute atomic E-state index is 0.0474. The number of aromatic nitrogens is 2. The lowest BCUT2D eigenvalue weighted by molar-refractivity contribution is -0.137. The minimum atomic E-state index is -4.65. The predicted octanol–water partition coefficient (Wildman–Crippen LogP) is 15.3. The summed E-state index contributed by atoms with van der Waals surface area (Å²) in [4.78, 5) is 0. The average Bonchev–Trinajstić information content (AvgIpc) is 3.74. The molecule has 0 bridgehead atoms. The first kappa shape index (κ1) is 37.9. The zero-order valence-corrected chi connectivity index (χ0v) is 34.4. The summed E-state index contributed by atoms with van der Waals surface area (Å²) in [7, 11) is 0. The Bertz CT molecular complexity index is 3480. The molecule has 0 saturated carbocycles. The van der Waals surface area contributed by atoms with Gasteiger partial charge in [-0.3, -0.25) is 0 Å². The zero-order chi connectivity index (χ0) is 42.3. The first-order valence-corrected chi connectivity index (χ1v) is 20.4. The normalized spacial score (nSPS) is 11.9. The molecule has 10 rings (SSSR count). The fraction of sp³-hybridized carbons (Fsp3) is 0.109. The largest absolute Gasteiger partial charge is 0.417 e. The van der Waals surface area contributed by atoms with Crippen LogP contribution in [0, 0.1) is 45.9 Å². The maximum atomic E-state index is 15.1. The second kappa shape index (κ2) is 14.1. The van der Waals surface area contributed by atoms with Crippen molar-refractivity contribution in [1.82, 2.24) is 9.13 Å². The molecule has 0 saturated heterocycles. The second-order valence-electron chi connectivity index (χ2n) is 16.3. The van der Waals surface area contributed by atoms with Gasteiger partial charge >= 0.3 is 6.18 Å². The lowest BCUT2D eigenvalue weighted by Crippen LogP contribution is -2.11. The summed E-state index contributed by atoms with van der Waals surface area (Å²) >= 11 is 0. The van der Waals surface area contributed by atoms with Crippen molar-refractivity contribution < 1.29 is 13.2 Å². The number of nitriles is 1. The van der Waals surface area contributed by atoms with Crippen molar-refractivity contribution >= 4 is 43.6 Å². The second-order valence-corrected chi connectivity index (χ2v) is 16.3. The predicted molar refractivity (Wildman–Crippen MR) is 245 cm³/mol. The Morgan fingerprint density at radius 2 is 0.967 bits per heavy atom. The highest BCUT2D eigenvalue weighted by Crippen LogP contribution is 2.47. The number of nitrogens with zero attached hydrogens (tertiary/aromatic N) is 3. The molecule has 0 unspecified atom stereocenters. The van der Waals surface area contributed by atoms with Crippen molar-refractivity contribution in [3.8, 4) is 50.8 Å². The number of hydrogen-bond acceptors (Lipinski definition) is 1. The molecule has 0 N–H and O–H groups in total. The van der Waals surface area contributed by atoms with E-state index in [4.69, 9.17) is 0 Å². The van der Waals surface area contributed by atoms with Crippen LogP contribution in [0.5, 0.6) is 0 Å². The average molecular weight is 800 g/mol. The maximum absolute atomic E-state index is 15.1. The van der Waals surface area contributed by atoms with E-state index in [9.17, 15) is 5.26 Å². The third-order valence-corrected chi connectivity index (χ3v) is 12.3. The van der Waals surface area contributed by atoms with Crippen molar-refractivity contribution in [1.29, 1.82) is 5.26 Å². The zero-order valence-electron chi connectivity index (χ0n) is 34.4. The van der Waals surface area contributed by atoms with Crippen molar-refractivity contribution in [2.75, 3.05) is 0 Å². The summed E-state index contributed by atoms with van der Waals surface area (Å²) in [6.07, 6.45) is -4.65. The Morgan fingerprint density at radius 3 is 1.51 bits per heavy atom. The third-order valence-electron chi connectivity index (χ3n) is 12.3. The van der Waals surface area contributed by atoms with Gasteiger partial charge < -0.3 is 9.13 Å². The van der Waals surface area contributed by atoms with Crippen molar-refractivity contribution in [3.05, 3.63) is 191 Å². The number of halogens is 3. The highest BCUT2D eigenvalue weighted by Gasteiger charge is 2.36. The van der Waals surface area contributed by atoms with Gasteiger partial charge in [-0.15, -0.1) is 0 Å². The Kier molecular flexibility index (Phi) is 8.78. The fourth-order valence-electron chi connectivity index (χ4n) is 9.63. The molecule has 0 aliphatic heterocycles. The van der Waals surface area contributed by atoms with Gasteiger partial charge in [0.25, 0.3) is 0 Å². The SMILES string of the molecule is Cc1ccc(-c2ccc3c(c2)c2ccccc2n3-c2ccc(-c3c(C)cccc3C(F)(F)F)c(-n3c4ccccc4c4cc(-c5ccc(C)cc5C)ccc43)c2C#N)c(C)c1. The molecule has 8 aromatic carbocycles. The molecule has 0 aliphatic carbocycles. The van der Waals surface area contributed by atoms with E-state index < -0.39 is 11.7 Å². The topological polar surface area (TPSA) is 33.6 Å². The third kappa shape index (κ3) is 6.03. The van der Waals surface area contributed by atoms with Crippen LogP contribution < -0.4 is 0 Å². The lowest BCUT2D eigenvalue weighted by Gasteiger charge is -2.23. The van der Waals surface area contributed by atoms with Gasteiger partial charge in [0.05, 0.1) is 39.0 Å². The van der Waals surface area contributed by atoms with Crippen LogP contribution in [0.3, 0.4) is 0 Å². The van der Waals surface area contributed by atoms with E-state index in [1.54, 1.807) is 19.1 Å². The van der Waals surface area contributed by atoms with Gasteiger partial charge in [0.1, 0.15) is 11.6 Å². The Labute approximate surface area is 352 Å². The number of aryl methyl sites for hydroxylation is 5. The molecular formula is C55H40F3N3. The molecule has 0 fully saturated rings. The van der Waals surface area contributed by atoms with E-state index >= 15 is 13.2 Å². The summed E-state index contributed by atoms with van der Waals surface area (Å²) in [5, 5.41) is 15.4. The van der Waals surface area contributed by atoms with Crippen LogP contribution in [0.2, 0.25) is 0 Å². The first-order valence-electron chi connectivity index (χ1n) is 20.4. The van der Waals surface area contributed by atoms with E-state index in [-0.39, 0.29) is 11.1 Å². The van der Waals surface area contributed by atoms with Crippen LogP contribution in [0.25, 0.3) is 88.4 Å². The van der Waals surface area contributed by atoms with E-state index in [2.05, 4.69) is 111 Å². The molecule has 0 radical (unpaired) electrons. The molecule has 0 amide bonds. The van der Waals surface area contributed by atoms with Crippen LogP contribution >= 0.6 is 0 Å². The standard InChI is InChI=1S/C55H40F3N3/c1-32-17-21-39(35(4)27-32)37-19-24-50-44(29-37)41-12-6-8-15-48(41)60(50)52-26-23-43(53-34(3)11-10-14-47(53)55(56,57)58)54(46(52)31-59)61-49-16-9-7-13-42(49)45-30-38(20-25-51(45)61)40-22-18-33(2)28-36(40)5/h6-30H,1-5H3. The summed E-state index contributed by atoms with van der Waals surface area (Å²) in [6.45, 7) is 10.1. The van der Waals surface area contributed by atoms with E-state index in [0.29, 0.717) is 22.5 Å². The molecule has 10 aromatic rings. The van der Waals surface area contributed by atoms with Crippen molar-refractivity contribution in [2.24, 2.45) is 0 Å². The summed E-state index contributed by atoms with van der Waals surface area (Å²) < 4.78 is 49.4. The van der Waals surface area contributed by atoms with Gasteiger partial charge in [-0.05, 0) is 128 Å². The van der Waals surface area contributed by atoms with Gasteiger partial charge in [-0.1, -0.05) is 114 Å². The molecule has 61 heavy (non-hydrogen) atoms. The molecule has 296 valence electrons. The highest BCUT2D eigenvalue weighted by molar-refractivity contribution is 6.13. The number of fused-ring (bicyclic) bond motifs is 6. The van der Waals surface area contributed by atoms with Gasteiger partial charge in [0.2, 0.25) is 0 Å². The fourth-order valence-corrected chi connectivity index (χ4v) is 9.63. The number of alkyl halides is 3.